The molecule has 1 aromatic heterocycles. The highest BCUT2D eigenvalue weighted by Gasteiger charge is 2.17. The Morgan fingerprint density at radius 3 is 2.65 bits per heavy atom. The van der Waals surface area contributed by atoms with Gasteiger partial charge in [-0.25, -0.2) is 4.98 Å². The van der Waals surface area contributed by atoms with Crippen molar-refractivity contribution in [3.8, 4) is 0 Å². The molecule has 1 aromatic carbocycles. The van der Waals surface area contributed by atoms with Crippen molar-refractivity contribution in [2.75, 3.05) is 7.05 Å². The molecular weight excluding hydrogens is 319 g/mol. The second-order valence-corrected chi connectivity index (χ2v) is 5.36. The molecule has 0 spiro atoms. The van der Waals surface area contributed by atoms with E-state index in [1.807, 2.05) is 6.07 Å². The van der Waals surface area contributed by atoms with Crippen LogP contribution in [0.25, 0.3) is 0 Å². The lowest BCUT2D eigenvalue weighted by atomic mass is 10.2. The van der Waals surface area contributed by atoms with Crippen LogP contribution < -0.4 is 0 Å². The zero-order chi connectivity index (χ0) is 14.7. The van der Waals surface area contributed by atoms with Crippen LogP contribution in [0.15, 0.2) is 36.5 Å². The van der Waals surface area contributed by atoms with Crippen molar-refractivity contribution in [3.63, 3.8) is 0 Å². The van der Waals surface area contributed by atoms with Gasteiger partial charge in [0.25, 0.3) is 5.91 Å². The lowest BCUT2D eigenvalue weighted by Gasteiger charge is -2.18. The molecule has 6 heteroatoms. The molecule has 0 bridgehead atoms. The van der Waals surface area contributed by atoms with Crippen molar-refractivity contribution in [2.45, 2.75) is 6.54 Å². The molecule has 0 saturated heterocycles. The van der Waals surface area contributed by atoms with Crippen molar-refractivity contribution in [3.05, 3.63) is 62.9 Å². The third-order valence-electron chi connectivity index (χ3n) is 2.78. The molecule has 2 rings (SSSR count). The lowest BCUT2D eigenvalue weighted by Crippen LogP contribution is -2.26. The van der Waals surface area contributed by atoms with Gasteiger partial charge < -0.3 is 4.90 Å². The summed E-state index contributed by atoms with van der Waals surface area (Å²) in [6, 6.07) is 8.61. The number of amides is 1. The summed E-state index contributed by atoms with van der Waals surface area (Å²) < 4.78 is 0. The quantitative estimate of drug-likeness (QED) is 0.786. The molecule has 1 amide bonds. The van der Waals surface area contributed by atoms with Gasteiger partial charge in [-0.15, -0.1) is 0 Å². The Kier molecular flexibility index (Phi) is 4.86. The Balaban J connectivity index is 2.20. The van der Waals surface area contributed by atoms with Gasteiger partial charge >= 0.3 is 0 Å². The van der Waals surface area contributed by atoms with Gasteiger partial charge in [0, 0.05) is 19.8 Å². The van der Waals surface area contributed by atoms with Gasteiger partial charge in [0.05, 0.1) is 15.6 Å². The SMILES string of the molecule is CN(Cc1cccc(Cl)c1Cl)C(=O)c1cccnc1Cl. The summed E-state index contributed by atoms with van der Waals surface area (Å²) in [5.41, 5.74) is 1.13. The van der Waals surface area contributed by atoms with Crippen LogP contribution in [0, 0.1) is 0 Å². The predicted octanol–water partition coefficient (Wildman–Crippen LogP) is 4.31. The zero-order valence-corrected chi connectivity index (χ0v) is 12.9. The van der Waals surface area contributed by atoms with Crippen molar-refractivity contribution < 1.29 is 4.79 Å². The summed E-state index contributed by atoms with van der Waals surface area (Å²) >= 11 is 18.0. The van der Waals surface area contributed by atoms with Gasteiger partial charge in [-0.05, 0) is 23.8 Å². The van der Waals surface area contributed by atoms with E-state index in [4.69, 9.17) is 34.8 Å². The number of carbonyl (C=O) groups excluding carboxylic acids is 1. The lowest BCUT2D eigenvalue weighted by molar-refractivity contribution is 0.0785. The van der Waals surface area contributed by atoms with E-state index in [0.29, 0.717) is 22.2 Å². The van der Waals surface area contributed by atoms with Gasteiger partial charge in [0.2, 0.25) is 0 Å². The van der Waals surface area contributed by atoms with Gasteiger partial charge in [0.15, 0.2) is 0 Å². The first-order valence-corrected chi connectivity index (χ1v) is 6.93. The van der Waals surface area contributed by atoms with Crippen molar-refractivity contribution >= 4 is 40.7 Å². The number of pyridine rings is 1. The average Bonchev–Trinajstić information content (AvgIpc) is 2.43. The van der Waals surface area contributed by atoms with Gasteiger partial charge in [-0.1, -0.05) is 46.9 Å². The third-order valence-corrected chi connectivity index (χ3v) is 3.93. The van der Waals surface area contributed by atoms with Crippen LogP contribution in [-0.2, 0) is 6.54 Å². The van der Waals surface area contributed by atoms with Crippen LogP contribution in [0.5, 0.6) is 0 Å². The number of carbonyl (C=O) groups is 1. The number of nitrogens with zero attached hydrogens (tertiary/aromatic N) is 2. The summed E-state index contributed by atoms with van der Waals surface area (Å²) in [7, 11) is 1.67. The molecule has 0 aliphatic carbocycles. The number of rotatable bonds is 3. The normalized spacial score (nSPS) is 10.4. The van der Waals surface area contributed by atoms with E-state index in [9.17, 15) is 4.79 Å². The highest BCUT2D eigenvalue weighted by molar-refractivity contribution is 6.42. The smallest absolute Gasteiger partial charge is 0.257 e. The summed E-state index contributed by atoms with van der Waals surface area (Å²) in [4.78, 5) is 17.7. The minimum absolute atomic E-state index is 0.182. The molecule has 0 aliphatic heterocycles. The van der Waals surface area contributed by atoms with E-state index in [-0.39, 0.29) is 11.1 Å². The van der Waals surface area contributed by atoms with Crippen LogP contribution in [0.2, 0.25) is 15.2 Å². The van der Waals surface area contributed by atoms with Crippen LogP contribution in [0.4, 0.5) is 0 Å². The summed E-state index contributed by atoms with van der Waals surface area (Å²) in [6.45, 7) is 0.337. The Bertz CT molecular complexity index is 646. The molecule has 0 N–H and O–H groups in total. The fraction of sp³-hybridized carbons (Fsp3) is 0.143. The van der Waals surface area contributed by atoms with Crippen molar-refractivity contribution in [2.24, 2.45) is 0 Å². The van der Waals surface area contributed by atoms with E-state index < -0.39 is 0 Å². The highest BCUT2D eigenvalue weighted by Crippen LogP contribution is 2.26. The second-order valence-electron chi connectivity index (χ2n) is 4.22. The van der Waals surface area contributed by atoms with E-state index >= 15 is 0 Å². The molecule has 3 nitrogen and oxygen atoms in total. The maximum atomic E-state index is 12.3. The van der Waals surface area contributed by atoms with E-state index in [0.717, 1.165) is 5.56 Å². The summed E-state index contributed by atoms with van der Waals surface area (Å²) in [5, 5.41) is 1.09. The number of aromatic nitrogens is 1. The van der Waals surface area contributed by atoms with Gasteiger partial charge in [0.1, 0.15) is 5.15 Å². The average molecular weight is 330 g/mol. The Morgan fingerprint density at radius 1 is 1.20 bits per heavy atom. The molecule has 0 unspecified atom stereocenters. The fourth-order valence-corrected chi connectivity index (χ4v) is 2.33. The molecule has 1 heterocycles. The molecule has 104 valence electrons. The van der Waals surface area contributed by atoms with Gasteiger partial charge in [-0.2, -0.15) is 0 Å². The number of halogens is 3. The van der Waals surface area contributed by atoms with Crippen LogP contribution in [0.1, 0.15) is 15.9 Å². The summed E-state index contributed by atoms with van der Waals surface area (Å²) in [6.07, 6.45) is 1.53. The first-order valence-electron chi connectivity index (χ1n) is 5.79. The third kappa shape index (κ3) is 3.23. The Morgan fingerprint density at radius 2 is 1.95 bits per heavy atom. The summed E-state index contributed by atoms with van der Waals surface area (Å²) in [5.74, 6) is -0.223. The van der Waals surface area contributed by atoms with Crippen LogP contribution >= 0.6 is 34.8 Å². The van der Waals surface area contributed by atoms with Gasteiger partial charge in [-0.3, -0.25) is 4.79 Å². The molecule has 0 aliphatic rings. The van der Waals surface area contributed by atoms with Crippen molar-refractivity contribution in [1.29, 1.82) is 0 Å². The van der Waals surface area contributed by atoms with Crippen LogP contribution in [-0.4, -0.2) is 22.8 Å². The molecule has 0 atom stereocenters. The first kappa shape index (κ1) is 15.1. The maximum Gasteiger partial charge on any atom is 0.257 e. The highest BCUT2D eigenvalue weighted by atomic mass is 35.5. The largest absolute Gasteiger partial charge is 0.337 e. The van der Waals surface area contributed by atoms with Crippen molar-refractivity contribution in [1.82, 2.24) is 9.88 Å². The second kappa shape index (κ2) is 6.44. The van der Waals surface area contributed by atoms with E-state index in [1.54, 1.807) is 31.3 Å². The molecule has 0 fully saturated rings. The van der Waals surface area contributed by atoms with E-state index in [1.165, 1.54) is 11.1 Å². The Labute approximate surface area is 132 Å². The van der Waals surface area contributed by atoms with Crippen LogP contribution in [0.3, 0.4) is 0 Å². The number of hydrogen-bond donors (Lipinski definition) is 0. The Hall–Kier alpha value is -1.29. The van der Waals surface area contributed by atoms with E-state index in [2.05, 4.69) is 4.98 Å². The molecule has 20 heavy (non-hydrogen) atoms. The maximum absolute atomic E-state index is 12.3. The first-order chi connectivity index (χ1) is 9.50. The fourth-order valence-electron chi connectivity index (χ4n) is 1.75. The standard InChI is InChI=1S/C14H11Cl3N2O/c1-19(8-9-4-2-6-11(15)12(9)16)14(20)10-5-3-7-18-13(10)17/h2-7H,8H2,1H3. The molecule has 2 aromatic rings. The topological polar surface area (TPSA) is 33.2 Å². The minimum atomic E-state index is -0.223. The zero-order valence-electron chi connectivity index (χ0n) is 10.6. The monoisotopic (exact) mass is 328 g/mol. The minimum Gasteiger partial charge on any atom is -0.337 e. The molecular formula is C14H11Cl3N2O. The molecule has 0 saturated carbocycles. The predicted molar refractivity (Wildman–Crippen MR) is 81.5 cm³/mol. The number of hydrogen-bond acceptors (Lipinski definition) is 2. The number of benzene rings is 1. The molecule has 0 radical (unpaired) electrons.